The maximum absolute atomic E-state index is 13.0. The smallest absolute Gasteiger partial charge is 0.361 e. The van der Waals surface area contributed by atoms with Crippen LogP contribution in [0.25, 0.3) is 0 Å². The molecule has 1 N–H and O–H groups in total. The zero-order valence-corrected chi connectivity index (χ0v) is 64.9. The summed E-state index contributed by atoms with van der Waals surface area (Å²) >= 11 is 0. The third kappa shape index (κ3) is 80.4. The van der Waals surface area contributed by atoms with Crippen LogP contribution < -0.4 is 0 Å². The quantitative estimate of drug-likeness (QED) is 0.0211. The number of aliphatic carboxylic acids is 1. The molecule has 0 radical (unpaired) electrons. The standard InChI is InChI=1S/C90H153NO8/c1-6-8-10-12-14-16-18-20-22-24-26-28-30-32-34-36-38-40-41-42-43-44-45-46-47-49-51-53-55-57-59-61-63-65-67-69-71-73-75-77-79-81-88(93)99-86(85-98-90(89(94)95)96-83-82-91(3,4)5)84-97-87(92)80-78-76-74-72-70-68-66-64-62-60-58-56-54-52-50-48-39-37-35-33-31-29-27-25-23-21-19-17-15-13-11-9-7-2/h8-11,14-17,20-23,26-29,32-35,38,40,42-43,86,90H,6-7,12-13,18-19,24-25,30-31,36-37,39,41,44-85H2,1-5H3/p+1/b10-8-,11-9-,16-14-,17-15-,22-20-,23-21-,28-26-,29-27-,34-32-,35-33-,40-38-,43-42-. The molecule has 0 aliphatic heterocycles. The molecule has 566 valence electrons. The van der Waals surface area contributed by atoms with Crippen LogP contribution in [0.1, 0.15) is 348 Å². The molecule has 9 heteroatoms. The van der Waals surface area contributed by atoms with E-state index in [2.05, 4.69) is 160 Å². The third-order valence-electron chi connectivity index (χ3n) is 17.6. The normalized spacial score (nSPS) is 13.4. The first-order chi connectivity index (χ1) is 48.6. The number of ether oxygens (including phenoxy) is 4. The Bertz CT molecular complexity index is 2150. The maximum Gasteiger partial charge on any atom is 0.361 e. The van der Waals surface area contributed by atoms with Gasteiger partial charge >= 0.3 is 17.9 Å². The van der Waals surface area contributed by atoms with E-state index >= 15 is 0 Å². The van der Waals surface area contributed by atoms with Gasteiger partial charge in [0.25, 0.3) is 6.29 Å². The minimum absolute atomic E-state index is 0.184. The van der Waals surface area contributed by atoms with Crippen molar-refractivity contribution in [3.8, 4) is 0 Å². The van der Waals surface area contributed by atoms with Crippen molar-refractivity contribution in [3.05, 3.63) is 146 Å². The van der Waals surface area contributed by atoms with Gasteiger partial charge in [-0.05, 0) is 116 Å². The molecule has 0 aliphatic rings. The van der Waals surface area contributed by atoms with E-state index in [-0.39, 0.29) is 32.2 Å². The van der Waals surface area contributed by atoms with Crippen molar-refractivity contribution in [2.24, 2.45) is 0 Å². The van der Waals surface area contributed by atoms with Crippen LogP contribution in [0.3, 0.4) is 0 Å². The SMILES string of the molecule is CC/C=C\C/C=C\C/C=C\C/C=C\C/C=C\C/C=C\C/C=C\CCCCCCCCCCCCCCCCCCCCCC(=O)OC(COC(=O)CCCCCCCCCCCCCCCCCCC/C=C\C/C=C\C/C=C\C/C=C\C/C=C\CC)COC(OCC[N+](C)(C)C)C(=O)O. The van der Waals surface area contributed by atoms with Gasteiger partial charge in [0.1, 0.15) is 13.2 Å². The van der Waals surface area contributed by atoms with Gasteiger partial charge in [-0.25, -0.2) is 4.79 Å². The van der Waals surface area contributed by atoms with Crippen molar-refractivity contribution in [1.82, 2.24) is 0 Å². The molecule has 0 heterocycles. The van der Waals surface area contributed by atoms with Gasteiger partial charge in [0, 0.05) is 12.8 Å². The van der Waals surface area contributed by atoms with Gasteiger partial charge in [0.05, 0.1) is 34.4 Å². The Morgan fingerprint density at radius 2 is 0.545 bits per heavy atom. The summed E-state index contributed by atoms with van der Waals surface area (Å²) in [5, 5.41) is 9.78. The number of hydrogen-bond donors (Lipinski definition) is 1. The number of likely N-dealkylation sites (N-methyl/N-ethyl adjacent to an activating group) is 1. The fourth-order valence-electron chi connectivity index (χ4n) is 11.4. The van der Waals surface area contributed by atoms with Crippen LogP contribution in [0.15, 0.2) is 146 Å². The van der Waals surface area contributed by atoms with Crippen LogP contribution in [0.2, 0.25) is 0 Å². The molecule has 0 aromatic carbocycles. The second-order valence-electron chi connectivity index (χ2n) is 28.3. The predicted molar refractivity (Wildman–Crippen MR) is 428 cm³/mol. The van der Waals surface area contributed by atoms with Gasteiger partial charge in [-0.3, -0.25) is 9.59 Å². The lowest BCUT2D eigenvalue weighted by Gasteiger charge is -2.25. The van der Waals surface area contributed by atoms with E-state index in [4.69, 9.17) is 18.9 Å². The summed E-state index contributed by atoms with van der Waals surface area (Å²) < 4.78 is 23.1. The summed E-state index contributed by atoms with van der Waals surface area (Å²) in [6, 6.07) is 0. The largest absolute Gasteiger partial charge is 0.477 e. The summed E-state index contributed by atoms with van der Waals surface area (Å²) in [6.07, 6.45) is 113. The average molecular weight is 1380 g/mol. The van der Waals surface area contributed by atoms with E-state index in [1.807, 2.05) is 21.1 Å². The van der Waals surface area contributed by atoms with Gasteiger partial charge in [-0.1, -0.05) is 365 Å². The minimum atomic E-state index is -1.52. The molecule has 9 nitrogen and oxygen atoms in total. The molecular formula is C90H154NO8+. The number of esters is 2. The van der Waals surface area contributed by atoms with Gasteiger partial charge in [0.2, 0.25) is 0 Å². The lowest BCUT2D eigenvalue weighted by Crippen LogP contribution is -2.40. The number of carbonyl (C=O) groups excluding carboxylic acids is 2. The van der Waals surface area contributed by atoms with Crippen molar-refractivity contribution < 1.29 is 42.9 Å². The number of nitrogens with zero attached hydrogens (tertiary/aromatic N) is 1. The Kier molecular flexibility index (Phi) is 75.0. The van der Waals surface area contributed by atoms with Crippen LogP contribution in [0, 0.1) is 0 Å². The number of hydrogen-bond acceptors (Lipinski definition) is 7. The van der Waals surface area contributed by atoms with E-state index in [1.165, 1.54) is 205 Å². The summed E-state index contributed by atoms with van der Waals surface area (Å²) in [5.41, 5.74) is 0. The second-order valence-corrected chi connectivity index (χ2v) is 28.3. The fourth-order valence-corrected chi connectivity index (χ4v) is 11.4. The number of carbonyl (C=O) groups is 3. The summed E-state index contributed by atoms with van der Waals surface area (Å²) in [7, 11) is 5.99. The highest BCUT2D eigenvalue weighted by Crippen LogP contribution is 2.19. The van der Waals surface area contributed by atoms with Crippen LogP contribution >= 0.6 is 0 Å². The van der Waals surface area contributed by atoms with Crippen molar-refractivity contribution in [3.63, 3.8) is 0 Å². The second kappa shape index (κ2) is 78.9. The molecule has 0 aliphatic carbocycles. The first kappa shape index (κ1) is 94.2. The van der Waals surface area contributed by atoms with E-state index < -0.39 is 24.3 Å². The topological polar surface area (TPSA) is 108 Å². The van der Waals surface area contributed by atoms with Crippen LogP contribution in [0.5, 0.6) is 0 Å². The van der Waals surface area contributed by atoms with Crippen LogP contribution in [-0.4, -0.2) is 87.4 Å². The monoisotopic (exact) mass is 1380 g/mol. The number of allylic oxidation sites excluding steroid dienone is 24. The van der Waals surface area contributed by atoms with Crippen LogP contribution in [0.4, 0.5) is 0 Å². The zero-order chi connectivity index (χ0) is 71.8. The van der Waals surface area contributed by atoms with Crippen LogP contribution in [-0.2, 0) is 33.3 Å². The van der Waals surface area contributed by atoms with Gasteiger partial charge < -0.3 is 28.5 Å². The van der Waals surface area contributed by atoms with Gasteiger partial charge in [0.15, 0.2) is 6.10 Å². The number of unbranched alkanes of at least 4 members (excludes halogenated alkanes) is 36. The molecule has 0 aromatic heterocycles. The highest BCUT2D eigenvalue weighted by Gasteiger charge is 2.25. The van der Waals surface area contributed by atoms with Gasteiger partial charge in [-0.15, -0.1) is 0 Å². The molecule has 0 spiro atoms. The molecule has 0 amide bonds. The Morgan fingerprint density at radius 1 is 0.303 bits per heavy atom. The molecule has 0 aromatic rings. The maximum atomic E-state index is 13.0. The lowest BCUT2D eigenvalue weighted by atomic mass is 10.0. The number of rotatable bonds is 75. The Labute approximate surface area is 611 Å². The van der Waals surface area contributed by atoms with E-state index in [9.17, 15) is 19.5 Å². The van der Waals surface area contributed by atoms with Crippen molar-refractivity contribution in [2.75, 3.05) is 47.5 Å². The number of carboxylic acids is 1. The molecule has 0 fully saturated rings. The van der Waals surface area contributed by atoms with Gasteiger partial charge in [-0.2, -0.15) is 0 Å². The molecule has 0 saturated heterocycles. The Balaban J connectivity index is 4.01. The Hall–Kier alpha value is -4.83. The first-order valence-corrected chi connectivity index (χ1v) is 41.0. The van der Waals surface area contributed by atoms with Crippen molar-refractivity contribution >= 4 is 17.9 Å². The summed E-state index contributed by atoms with van der Waals surface area (Å²) in [5.74, 6) is -1.99. The van der Waals surface area contributed by atoms with Crippen molar-refractivity contribution in [1.29, 1.82) is 0 Å². The van der Waals surface area contributed by atoms with E-state index in [1.54, 1.807) is 0 Å². The van der Waals surface area contributed by atoms with Crippen molar-refractivity contribution in [2.45, 2.75) is 360 Å². The highest BCUT2D eigenvalue weighted by atomic mass is 16.7. The Morgan fingerprint density at radius 3 is 0.808 bits per heavy atom. The third-order valence-corrected chi connectivity index (χ3v) is 17.6. The van der Waals surface area contributed by atoms with E-state index in [0.29, 0.717) is 17.4 Å². The molecule has 0 rings (SSSR count). The van der Waals surface area contributed by atoms with E-state index in [0.717, 1.165) is 116 Å². The molecule has 2 atom stereocenters. The summed E-state index contributed by atoms with van der Waals surface area (Å²) in [4.78, 5) is 37.8. The minimum Gasteiger partial charge on any atom is -0.477 e. The highest BCUT2D eigenvalue weighted by molar-refractivity contribution is 5.71. The molecule has 99 heavy (non-hydrogen) atoms. The average Bonchev–Trinajstić information content (AvgIpc) is 2.62. The number of carboxylic acid groups (broad SMARTS) is 1. The first-order valence-electron chi connectivity index (χ1n) is 41.0. The molecule has 0 bridgehead atoms. The predicted octanol–water partition coefficient (Wildman–Crippen LogP) is 26.6. The molecular weight excluding hydrogens is 1220 g/mol. The zero-order valence-electron chi connectivity index (χ0n) is 64.9. The fraction of sp³-hybridized carbons (Fsp3) is 0.700. The summed E-state index contributed by atoms with van der Waals surface area (Å²) in [6.45, 7) is 4.68. The molecule has 0 saturated carbocycles. The molecule has 2 unspecified atom stereocenters. The lowest BCUT2D eigenvalue weighted by molar-refractivity contribution is -0.870. The number of quaternary nitrogens is 1.